The largest absolute Gasteiger partial charge is 0.433 e. The topological polar surface area (TPSA) is 101 Å². The fourth-order valence-corrected chi connectivity index (χ4v) is 0. The molecule has 0 heterocycles. The average molecular weight is 544 g/mol. The quantitative estimate of drug-likeness (QED) is 0.297. The first-order valence-corrected chi connectivity index (χ1v) is 25.9. The minimum atomic E-state index is -1.61. The summed E-state index contributed by atoms with van der Waals surface area (Å²) in [4.78, 5) is 43.3. The second kappa shape index (κ2) is 17.5. The van der Waals surface area contributed by atoms with Gasteiger partial charge in [-0.05, 0) is 98.2 Å². The standard InChI is InChI=1S/5C3H10OSi.Nb/c5*1-5(2,3)4;/h5*4H,1-3H3;. The number of hydrogen-bond donors (Lipinski definition) is 5. The summed E-state index contributed by atoms with van der Waals surface area (Å²) in [6, 6.07) is 0. The fraction of sp³-hybridized carbons (Fsp3) is 1.00. The van der Waals surface area contributed by atoms with Crippen LogP contribution in [0.5, 0.6) is 0 Å². The SMILES string of the molecule is C[Si](C)(C)O.C[Si](C)(C)O.C[Si](C)(C)O.C[Si](C)(C)O.C[Si](C)(C)O.[Nb]. The van der Waals surface area contributed by atoms with Crippen LogP contribution >= 0.6 is 0 Å². The van der Waals surface area contributed by atoms with Gasteiger partial charge in [0.05, 0.1) is 0 Å². The molecular weight excluding hydrogens is 493 g/mol. The summed E-state index contributed by atoms with van der Waals surface area (Å²) in [6.07, 6.45) is 0. The van der Waals surface area contributed by atoms with Gasteiger partial charge in [0.15, 0.2) is 41.6 Å². The minimum absolute atomic E-state index is 0. The third-order valence-electron chi connectivity index (χ3n) is 0. The Bertz CT molecular complexity index is 188. The van der Waals surface area contributed by atoms with Crippen molar-refractivity contribution in [1.82, 2.24) is 0 Å². The van der Waals surface area contributed by atoms with E-state index in [9.17, 15) is 0 Å². The van der Waals surface area contributed by atoms with Crippen LogP contribution in [0.3, 0.4) is 0 Å². The van der Waals surface area contributed by atoms with E-state index in [0.717, 1.165) is 0 Å². The van der Waals surface area contributed by atoms with Gasteiger partial charge in [-0.25, -0.2) is 0 Å². The van der Waals surface area contributed by atoms with Crippen LogP contribution in [0.1, 0.15) is 0 Å². The molecule has 0 spiro atoms. The van der Waals surface area contributed by atoms with Crippen LogP contribution in [-0.4, -0.2) is 65.6 Å². The molecule has 0 aromatic rings. The van der Waals surface area contributed by atoms with Gasteiger partial charge >= 0.3 is 0 Å². The van der Waals surface area contributed by atoms with Crippen molar-refractivity contribution in [3.8, 4) is 0 Å². The molecule has 0 saturated heterocycles. The van der Waals surface area contributed by atoms with Crippen molar-refractivity contribution in [3.63, 3.8) is 0 Å². The van der Waals surface area contributed by atoms with Gasteiger partial charge in [0, 0.05) is 22.4 Å². The first kappa shape index (κ1) is 41.9. The molecule has 0 amide bonds. The van der Waals surface area contributed by atoms with Gasteiger partial charge in [-0.1, -0.05) is 0 Å². The van der Waals surface area contributed by atoms with Crippen molar-refractivity contribution >= 4 is 41.6 Å². The molecule has 0 aliphatic heterocycles. The van der Waals surface area contributed by atoms with Gasteiger partial charge in [0.2, 0.25) is 0 Å². The maximum Gasteiger partial charge on any atom is 0.179 e. The van der Waals surface area contributed by atoms with E-state index in [0.29, 0.717) is 0 Å². The van der Waals surface area contributed by atoms with E-state index < -0.39 is 41.6 Å². The van der Waals surface area contributed by atoms with Crippen LogP contribution in [0.25, 0.3) is 0 Å². The Balaban J connectivity index is -0.0000000476. The van der Waals surface area contributed by atoms with Crippen LogP contribution < -0.4 is 0 Å². The summed E-state index contributed by atoms with van der Waals surface area (Å²) < 4.78 is 0. The van der Waals surface area contributed by atoms with Crippen molar-refractivity contribution in [3.05, 3.63) is 0 Å². The van der Waals surface area contributed by atoms with Gasteiger partial charge in [0.25, 0.3) is 0 Å². The third kappa shape index (κ3) is 5890. The molecule has 0 saturated carbocycles. The zero-order valence-electron chi connectivity index (χ0n) is 20.2. The summed E-state index contributed by atoms with van der Waals surface area (Å²) in [5, 5.41) is 0. The molecule has 0 aliphatic rings. The summed E-state index contributed by atoms with van der Waals surface area (Å²) in [6.45, 7) is 28.2. The summed E-state index contributed by atoms with van der Waals surface area (Å²) in [5.41, 5.74) is 0. The Kier molecular flexibility index (Phi) is 28.2. The molecule has 0 bridgehead atoms. The zero-order chi connectivity index (χ0) is 22.5. The molecule has 165 valence electrons. The maximum absolute atomic E-state index is 8.66. The molecule has 5 N–H and O–H groups in total. The Morgan fingerprint density at radius 3 is 0.269 bits per heavy atom. The van der Waals surface area contributed by atoms with E-state index in [1.165, 1.54) is 0 Å². The second-order valence-corrected chi connectivity index (χ2v) is 32.6. The van der Waals surface area contributed by atoms with Gasteiger partial charge in [-0.3, -0.25) is 0 Å². The van der Waals surface area contributed by atoms with Crippen molar-refractivity contribution in [2.75, 3.05) is 0 Å². The van der Waals surface area contributed by atoms with E-state index in [-0.39, 0.29) is 22.4 Å². The van der Waals surface area contributed by atoms with Crippen LogP contribution in [0.4, 0.5) is 0 Å². The molecule has 0 aromatic carbocycles. The fourth-order valence-electron chi connectivity index (χ4n) is 0. The van der Waals surface area contributed by atoms with Crippen LogP contribution in [0.15, 0.2) is 0 Å². The van der Waals surface area contributed by atoms with Crippen molar-refractivity contribution in [1.29, 1.82) is 0 Å². The molecular formula is C15H50NbO5Si5. The second-order valence-electron chi connectivity index (χ2n) is 10.9. The molecule has 26 heavy (non-hydrogen) atoms. The molecule has 5 nitrogen and oxygen atoms in total. The molecule has 0 aliphatic carbocycles. The molecule has 0 rings (SSSR count). The van der Waals surface area contributed by atoms with Crippen molar-refractivity contribution < 1.29 is 46.4 Å². The number of hydrogen-bond acceptors (Lipinski definition) is 5. The van der Waals surface area contributed by atoms with E-state index in [1.54, 1.807) is 0 Å². The van der Waals surface area contributed by atoms with Gasteiger partial charge in [-0.15, -0.1) is 0 Å². The molecule has 0 aromatic heterocycles. The van der Waals surface area contributed by atoms with E-state index in [4.69, 9.17) is 24.0 Å². The normalized spacial score (nSPS) is 11.5. The minimum Gasteiger partial charge on any atom is -0.433 e. The van der Waals surface area contributed by atoms with Gasteiger partial charge in [-0.2, -0.15) is 0 Å². The van der Waals surface area contributed by atoms with Gasteiger partial charge < -0.3 is 24.0 Å². The van der Waals surface area contributed by atoms with E-state index >= 15 is 0 Å². The summed E-state index contributed by atoms with van der Waals surface area (Å²) in [7, 11) is -8.06. The first-order chi connectivity index (χ1) is 10.0. The van der Waals surface area contributed by atoms with E-state index in [1.807, 2.05) is 98.2 Å². The maximum atomic E-state index is 8.66. The molecule has 11 heteroatoms. The molecule has 0 fully saturated rings. The average Bonchev–Trinajstić information content (AvgIpc) is 1.79. The zero-order valence-corrected chi connectivity index (χ0v) is 27.4. The summed E-state index contributed by atoms with van der Waals surface area (Å²) >= 11 is 0. The Labute approximate surface area is 185 Å². The first-order valence-electron chi connectivity index (χ1n) is 8.62. The third-order valence-corrected chi connectivity index (χ3v) is 0. The van der Waals surface area contributed by atoms with Gasteiger partial charge in [0.1, 0.15) is 0 Å². The van der Waals surface area contributed by atoms with Crippen molar-refractivity contribution in [2.45, 2.75) is 98.2 Å². The molecule has 0 atom stereocenters. The molecule has 0 unspecified atom stereocenters. The Morgan fingerprint density at radius 2 is 0.269 bits per heavy atom. The Morgan fingerprint density at radius 1 is 0.269 bits per heavy atom. The smallest absolute Gasteiger partial charge is 0.179 e. The van der Waals surface area contributed by atoms with Crippen LogP contribution in [-0.2, 0) is 22.4 Å². The molecule has 1 radical (unpaired) electrons. The van der Waals surface area contributed by atoms with Crippen LogP contribution in [0.2, 0.25) is 98.2 Å². The van der Waals surface area contributed by atoms with Crippen molar-refractivity contribution in [2.24, 2.45) is 0 Å². The predicted octanol–water partition coefficient (Wildman–Crippen LogP) is 4.07. The predicted molar refractivity (Wildman–Crippen MR) is 128 cm³/mol. The van der Waals surface area contributed by atoms with E-state index in [2.05, 4.69) is 0 Å². The van der Waals surface area contributed by atoms with Crippen LogP contribution in [0, 0.1) is 0 Å². The number of rotatable bonds is 0. The summed E-state index contributed by atoms with van der Waals surface area (Å²) in [5.74, 6) is 0. The Hall–Kier alpha value is 1.62. The monoisotopic (exact) mass is 543 g/mol.